The first kappa shape index (κ1) is 35.3. The molecular formula is C29H27Cl2F2NO10S2. The number of carbonyl (C=O) groups is 2. The van der Waals surface area contributed by atoms with Crippen molar-refractivity contribution in [1.29, 1.82) is 0 Å². The van der Waals surface area contributed by atoms with Gasteiger partial charge in [-0.25, -0.2) is 0 Å². The van der Waals surface area contributed by atoms with Crippen molar-refractivity contribution in [2.75, 3.05) is 25.7 Å². The van der Waals surface area contributed by atoms with E-state index in [9.17, 15) is 32.0 Å². The number of rotatable bonds is 15. The minimum absolute atomic E-state index is 0.00424. The lowest BCUT2D eigenvalue weighted by atomic mass is 10.0. The van der Waals surface area contributed by atoms with Gasteiger partial charge in [0.15, 0.2) is 35.4 Å². The Hall–Kier alpha value is -3.53. The summed E-state index contributed by atoms with van der Waals surface area (Å²) in [6.07, 6.45) is 3.58. The Morgan fingerprint density at radius 2 is 1.72 bits per heavy atom. The highest BCUT2D eigenvalue weighted by Crippen LogP contribution is 2.38. The second-order valence-corrected chi connectivity index (χ2v) is 13.4. The second kappa shape index (κ2) is 15.4. The molecule has 0 bridgehead atoms. The fraction of sp³-hybridized carbons (Fsp3) is 0.345. The van der Waals surface area contributed by atoms with Crippen LogP contribution in [0.3, 0.4) is 0 Å². The highest BCUT2D eigenvalue weighted by Gasteiger charge is 2.27. The molecule has 1 atom stereocenters. The number of hydrogen-bond donors (Lipinski definition) is 0. The Bertz CT molecular complexity index is 1680. The quantitative estimate of drug-likeness (QED) is 0.0818. The molecule has 3 aromatic rings. The molecule has 1 aliphatic rings. The van der Waals surface area contributed by atoms with Gasteiger partial charge in [0.1, 0.15) is 16.1 Å². The summed E-state index contributed by atoms with van der Waals surface area (Å²) < 4.78 is 75.9. The Kier molecular flexibility index (Phi) is 11.8. The molecule has 0 amide bonds. The van der Waals surface area contributed by atoms with Crippen LogP contribution in [0, 0.1) is 11.1 Å². The molecule has 2 aromatic carbocycles. The summed E-state index contributed by atoms with van der Waals surface area (Å²) in [6, 6.07) is 7.92. The monoisotopic (exact) mass is 721 g/mol. The van der Waals surface area contributed by atoms with Crippen LogP contribution in [-0.4, -0.2) is 51.8 Å². The maximum absolute atomic E-state index is 13.1. The first-order chi connectivity index (χ1) is 21.7. The zero-order valence-electron chi connectivity index (χ0n) is 24.2. The molecule has 248 valence electrons. The summed E-state index contributed by atoms with van der Waals surface area (Å²) >= 11 is 13.1. The van der Waals surface area contributed by atoms with Gasteiger partial charge < -0.3 is 28.3 Å². The molecule has 1 heterocycles. The molecule has 17 heteroatoms. The van der Waals surface area contributed by atoms with E-state index in [2.05, 4.69) is 4.74 Å². The van der Waals surface area contributed by atoms with E-state index >= 15 is 0 Å². The average Bonchev–Trinajstić information content (AvgIpc) is 3.80. The van der Waals surface area contributed by atoms with Crippen LogP contribution in [0.5, 0.6) is 23.0 Å². The number of carbonyl (C=O) groups excluding carboxylic acids is 2. The maximum atomic E-state index is 13.1. The molecule has 1 saturated carbocycles. The third-order valence-corrected chi connectivity index (χ3v) is 8.42. The van der Waals surface area contributed by atoms with Gasteiger partial charge in [0, 0.05) is 17.5 Å². The van der Waals surface area contributed by atoms with Crippen molar-refractivity contribution >= 4 is 56.2 Å². The van der Waals surface area contributed by atoms with Gasteiger partial charge in [0.2, 0.25) is 5.12 Å². The lowest BCUT2D eigenvalue weighted by Gasteiger charge is -2.21. The van der Waals surface area contributed by atoms with Gasteiger partial charge in [-0.3, -0.25) is 9.59 Å². The third kappa shape index (κ3) is 10.2. The molecule has 1 aromatic heterocycles. The van der Waals surface area contributed by atoms with Crippen molar-refractivity contribution in [3.05, 3.63) is 80.7 Å². The summed E-state index contributed by atoms with van der Waals surface area (Å²) in [6.45, 7) is -2.84. The number of thioether (sulfide) groups is 1. The molecule has 1 unspecified atom stereocenters. The van der Waals surface area contributed by atoms with E-state index in [1.807, 2.05) is 0 Å². The predicted molar refractivity (Wildman–Crippen MR) is 165 cm³/mol. The number of esters is 1. The van der Waals surface area contributed by atoms with Crippen LogP contribution < -0.4 is 23.1 Å². The zero-order chi connectivity index (χ0) is 33.6. The second-order valence-electron chi connectivity index (χ2n) is 10.0. The van der Waals surface area contributed by atoms with Crippen molar-refractivity contribution in [3.8, 4) is 23.0 Å². The number of alkyl halides is 2. The summed E-state index contributed by atoms with van der Waals surface area (Å²) in [5, 5.41) is 11.2. The van der Waals surface area contributed by atoms with Crippen LogP contribution in [-0.2, 0) is 26.1 Å². The minimum atomic E-state index is -3.93. The number of pyridine rings is 1. The fourth-order valence-electron chi connectivity index (χ4n) is 4.09. The van der Waals surface area contributed by atoms with Gasteiger partial charge in [-0.1, -0.05) is 41.0 Å². The van der Waals surface area contributed by atoms with Crippen molar-refractivity contribution < 1.29 is 54.6 Å². The van der Waals surface area contributed by atoms with Gasteiger partial charge in [-0.15, -0.1) is 0 Å². The number of aromatic nitrogens is 1. The number of hydrogen-bond acceptors (Lipinski definition) is 11. The minimum Gasteiger partial charge on any atom is -0.619 e. The molecular weight excluding hydrogens is 695 g/mol. The largest absolute Gasteiger partial charge is 0.619 e. The molecule has 1 fully saturated rings. The molecule has 11 nitrogen and oxygen atoms in total. The van der Waals surface area contributed by atoms with Gasteiger partial charge in [-0.05, 0) is 54.7 Å². The Labute approximate surface area is 277 Å². The SMILES string of the molecule is COc1ccc(C(=O)SCC(=O)OC(Cc2c(Cl)c[n+]([O-])cc2Cl)c2ccc(OC(F)F)c(OCC3CC3)c2)cc1OS(C)(=O)=O. The van der Waals surface area contributed by atoms with E-state index < -0.39 is 39.7 Å². The third-order valence-electron chi connectivity index (χ3n) is 6.41. The standard InChI is InChI=1S/C29H27Cl2F2NO10S2/c1-40-22-7-6-18(10-26(22)44-46(2,38)39)28(36)45-15-27(35)42-24(11-19-20(30)12-34(37)13-21(19)31)17-5-8-23(43-29(32)33)25(9-17)41-14-16-3-4-16/h5-10,12-13,16,24,29H,3-4,11,14-15H2,1-2H3. The highest BCUT2D eigenvalue weighted by molar-refractivity contribution is 8.14. The number of benzene rings is 2. The van der Waals surface area contributed by atoms with Crippen LogP contribution in [0.15, 0.2) is 48.8 Å². The lowest BCUT2D eigenvalue weighted by Crippen LogP contribution is -2.25. The van der Waals surface area contributed by atoms with Crippen molar-refractivity contribution in [2.24, 2.45) is 5.92 Å². The van der Waals surface area contributed by atoms with E-state index in [1.165, 1.54) is 37.4 Å². The zero-order valence-corrected chi connectivity index (χ0v) is 27.4. The smallest absolute Gasteiger partial charge is 0.387 e. The fourth-order valence-corrected chi connectivity index (χ4v) is 5.76. The molecule has 4 rings (SSSR count). The summed E-state index contributed by atoms with van der Waals surface area (Å²) in [7, 11) is -2.64. The maximum Gasteiger partial charge on any atom is 0.387 e. The summed E-state index contributed by atoms with van der Waals surface area (Å²) in [4.78, 5) is 25.9. The molecule has 46 heavy (non-hydrogen) atoms. The van der Waals surface area contributed by atoms with Gasteiger partial charge in [0.25, 0.3) is 0 Å². The van der Waals surface area contributed by atoms with Crippen molar-refractivity contribution in [1.82, 2.24) is 0 Å². The molecule has 0 aliphatic heterocycles. The average molecular weight is 723 g/mol. The summed E-state index contributed by atoms with van der Waals surface area (Å²) in [5.74, 6) is -1.39. The number of nitrogens with zero attached hydrogens (tertiary/aromatic N) is 1. The first-order valence-electron chi connectivity index (χ1n) is 13.4. The molecule has 0 saturated heterocycles. The predicted octanol–water partition coefficient (Wildman–Crippen LogP) is 5.76. The van der Waals surface area contributed by atoms with E-state index in [-0.39, 0.29) is 63.1 Å². The normalized spacial score (nSPS) is 13.6. The van der Waals surface area contributed by atoms with E-state index in [0.29, 0.717) is 22.1 Å². The van der Waals surface area contributed by atoms with E-state index in [0.717, 1.165) is 37.6 Å². The Balaban J connectivity index is 1.56. The number of methoxy groups -OCH3 is 1. The van der Waals surface area contributed by atoms with Gasteiger partial charge in [0.05, 0.1) is 25.7 Å². The highest BCUT2D eigenvalue weighted by atomic mass is 35.5. The van der Waals surface area contributed by atoms with Crippen LogP contribution >= 0.6 is 35.0 Å². The number of ether oxygens (including phenoxy) is 4. The topological polar surface area (TPSA) is 141 Å². The molecule has 0 spiro atoms. The van der Waals surface area contributed by atoms with Gasteiger partial charge in [-0.2, -0.15) is 21.9 Å². The van der Waals surface area contributed by atoms with Crippen LogP contribution in [0.1, 0.15) is 40.4 Å². The summed E-state index contributed by atoms with van der Waals surface area (Å²) in [5.41, 5.74) is 0.595. The van der Waals surface area contributed by atoms with Crippen LogP contribution in [0.25, 0.3) is 0 Å². The first-order valence-corrected chi connectivity index (χ1v) is 17.0. The number of halogens is 4. The van der Waals surface area contributed by atoms with Crippen LogP contribution in [0.2, 0.25) is 10.0 Å². The molecule has 1 aliphatic carbocycles. The van der Waals surface area contributed by atoms with E-state index in [4.69, 9.17) is 41.6 Å². The Morgan fingerprint density at radius 1 is 1.04 bits per heavy atom. The Morgan fingerprint density at radius 3 is 2.33 bits per heavy atom. The lowest BCUT2D eigenvalue weighted by molar-refractivity contribution is -0.605. The van der Waals surface area contributed by atoms with Crippen molar-refractivity contribution in [3.63, 3.8) is 0 Å². The molecule has 0 radical (unpaired) electrons. The van der Waals surface area contributed by atoms with Crippen LogP contribution in [0.4, 0.5) is 8.78 Å². The van der Waals surface area contributed by atoms with E-state index in [1.54, 1.807) is 0 Å². The molecule has 0 N–H and O–H groups in total. The van der Waals surface area contributed by atoms with Crippen molar-refractivity contribution in [2.45, 2.75) is 32.0 Å². The van der Waals surface area contributed by atoms with Gasteiger partial charge >= 0.3 is 22.7 Å².